The van der Waals surface area contributed by atoms with Gasteiger partial charge in [-0.2, -0.15) is 5.10 Å². The first-order chi connectivity index (χ1) is 13.1. The molecule has 1 aromatic carbocycles. The third kappa shape index (κ3) is 3.51. The Bertz CT molecular complexity index is 935. The zero-order valence-corrected chi connectivity index (χ0v) is 15.3. The third-order valence-corrected chi connectivity index (χ3v) is 4.71. The summed E-state index contributed by atoms with van der Waals surface area (Å²) in [6.45, 7) is 0. The number of aromatic nitrogens is 5. The van der Waals surface area contributed by atoms with Crippen LogP contribution in [0.15, 0.2) is 36.8 Å². The van der Waals surface area contributed by atoms with E-state index in [0.29, 0.717) is 17.3 Å². The van der Waals surface area contributed by atoms with Crippen molar-refractivity contribution < 1.29 is 4.79 Å². The number of nitrogens with one attached hydrogen (secondary N) is 2. The van der Waals surface area contributed by atoms with Gasteiger partial charge >= 0.3 is 0 Å². The molecule has 3 aromatic rings. The number of hydrogen-bond acceptors (Lipinski definition) is 6. The highest BCUT2D eigenvalue weighted by atomic mass is 16.1. The van der Waals surface area contributed by atoms with Crippen LogP contribution in [-0.4, -0.2) is 45.2 Å². The summed E-state index contributed by atoms with van der Waals surface area (Å²) in [5, 5.41) is 9.78. The van der Waals surface area contributed by atoms with Crippen LogP contribution in [0.2, 0.25) is 0 Å². The van der Waals surface area contributed by atoms with Crippen LogP contribution in [0.3, 0.4) is 0 Å². The molecule has 0 aliphatic heterocycles. The number of hydrogen-bond donors (Lipinski definition) is 2. The lowest BCUT2D eigenvalue weighted by Gasteiger charge is -2.26. The fraction of sp³-hybridized carbons (Fsp3) is 0.316. The molecule has 0 bridgehead atoms. The summed E-state index contributed by atoms with van der Waals surface area (Å²) in [6, 6.07) is 7.24. The third-order valence-electron chi connectivity index (χ3n) is 4.71. The highest BCUT2D eigenvalue weighted by Gasteiger charge is 2.24. The maximum atomic E-state index is 12.7. The number of nitrogens with zero attached hydrogens (tertiary/aromatic N) is 5. The Morgan fingerprint density at radius 3 is 2.74 bits per heavy atom. The normalized spacial score (nSPS) is 15.9. The van der Waals surface area contributed by atoms with Crippen LogP contribution in [0.1, 0.15) is 40.5 Å². The van der Waals surface area contributed by atoms with Crippen LogP contribution in [0.25, 0.3) is 11.4 Å². The zero-order chi connectivity index (χ0) is 18.8. The fourth-order valence-corrected chi connectivity index (χ4v) is 3.27. The monoisotopic (exact) mass is 363 g/mol. The van der Waals surface area contributed by atoms with Gasteiger partial charge < -0.3 is 10.2 Å². The van der Waals surface area contributed by atoms with E-state index in [0.717, 1.165) is 36.1 Å². The molecule has 1 aliphatic carbocycles. The molecule has 4 rings (SSSR count). The molecule has 27 heavy (non-hydrogen) atoms. The second kappa shape index (κ2) is 7.14. The van der Waals surface area contributed by atoms with Crippen LogP contribution in [0.4, 0.5) is 5.95 Å². The Kier molecular flexibility index (Phi) is 4.53. The number of amides is 1. The molecule has 0 radical (unpaired) electrons. The van der Waals surface area contributed by atoms with E-state index in [1.807, 2.05) is 37.3 Å². The van der Waals surface area contributed by atoms with E-state index in [4.69, 9.17) is 0 Å². The predicted molar refractivity (Wildman–Crippen MR) is 101 cm³/mol. The van der Waals surface area contributed by atoms with Crippen LogP contribution in [0.5, 0.6) is 0 Å². The van der Waals surface area contributed by atoms with E-state index < -0.39 is 0 Å². The largest absolute Gasteiger partial charge is 0.347 e. The van der Waals surface area contributed by atoms with Crippen molar-refractivity contribution in [2.75, 3.05) is 19.0 Å². The Morgan fingerprint density at radius 1 is 1.22 bits per heavy atom. The first-order valence-corrected chi connectivity index (χ1v) is 8.91. The summed E-state index contributed by atoms with van der Waals surface area (Å²) < 4.78 is 0. The smallest absolute Gasteiger partial charge is 0.251 e. The zero-order valence-electron chi connectivity index (χ0n) is 15.3. The van der Waals surface area contributed by atoms with Crippen LogP contribution in [0, 0.1) is 0 Å². The molecule has 8 heteroatoms. The first-order valence-electron chi connectivity index (χ1n) is 8.91. The van der Waals surface area contributed by atoms with Crippen LogP contribution in [-0.2, 0) is 6.42 Å². The van der Waals surface area contributed by atoms with Crippen LogP contribution >= 0.6 is 0 Å². The summed E-state index contributed by atoms with van der Waals surface area (Å²) >= 11 is 0. The Morgan fingerprint density at radius 2 is 2.04 bits per heavy atom. The standard InChI is InChI=1S/C19H21N7O/c1-26(2)19-20-10-14-15(4-3-5-16(14)24-19)23-18(27)13-8-6-12(7-9-13)17-21-11-22-25-17/h6-11,15H,3-5H2,1-2H3,(H,23,27)(H,21,22,25)/t15-/m0/s1. The lowest BCUT2D eigenvalue weighted by Crippen LogP contribution is -2.31. The second-order valence-electron chi connectivity index (χ2n) is 6.80. The molecule has 138 valence electrons. The predicted octanol–water partition coefficient (Wildman–Crippen LogP) is 2.14. The number of fused-ring (bicyclic) bond motifs is 1. The topological polar surface area (TPSA) is 99.7 Å². The molecule has 0 saturated carbocycles. The van der Waals surface area contributed by atoms with E-state index in [9.17, 15) is 4.79 Å². The number of anilines is 1. The van der Waals surface area contributed by atoms with Gasteiger partial charge in [0.2, 0.25) is 5.95 Å². The molecule has 0 fully saturated rings. The van der Waals surface area contributed by atoms with Gasteiger partial charge in [0.1, 0.15) is 6.33 Å². The van der Waals surface area contributed by atoms with Gasteiger partial charge in [0.25, 0.3) is 5.91 Å². The quantitative estimate of drug-likeness (QED) is 0.737. The van der Waals surface area contributed by atoms with Crippen molar-refractivity contribution in [3.63, 3.8) is 0 Å². The summed E-state index contributed by atoms with van der Waals surface area (Å²) in [4.78, 5) is 27.7. The molecular weight excluding hydrogens is 342 g/mol. The van der Waals surface area contributed by atoms with E-state index in [-0.39, 0.29) is 11.9 Å². The van der Waals surface area contributed by atoms with E-state index >= 15 is 0 Å². The van der Waals surface area contributed by atoms with Gasteiger partial charge in [-0.3, -0.25) is 9.89 Å². The molecule has 2 aromatic heterocycles. The minimum Gasteiger partial charge on any atom is -0.347 e. The Hall–Kier alpha value is -3.29. The number of benzene rings is 1. The van der Waals surface area contributed by atoms with Gasteiger partial charge in [-0.25, -0.2) is 15.0 Å². The van der Waals surface area contributed by atoms with Gasteiger partial charge in [-0.1, -0.05) is 12.1 Å². The molecular formula is C19H21N7O. The number of aromatic amines is 1. The molecule has 0 saturated heterocycles. The van der Waals surface area contributed by atoms with Gasteiger partial charge in [0.05, 0.1) is 11.7 Å². The summed E-state index contributed by atoms with van der Waals surface area (Å²) in [7, 11) is 3.85. The summed E-state index contributed by atoms with van der Waals surface area (Å²) in [6.07, 6.45) is 6.10. The Balaban J connectivity index is 1.50. The number of carbonyl (C=O) groups is 1. The van der Waals surface area contributed by atoms with Crippen molar-refractivity contribution in [2.45, 2.75) is 25.3 Å². The van der Waals surface area contributed by atoms with Gasteiger partial charge in [0.15, 0.2) is 5.82 Å². The molecule has 1 atom stereocenters. The van der Waals surface area contributed by atoms with Gasteiger partial charge in [-0.05, 0) is 31.4 Å². The number of H-pyrrole nitrogens is 1. The number of carbonyl (C=O) groups excluding carboxylic acids is 1. The summed E-state index contributed by atoms with van der Waals surface area (Å²) in [5.74, 6) is 1.27. The highest BCUT2D eigenvalue weighted by molar-refractivity contribution is 5.94. The van der Waals surface area contributed by atoms with Crippen LogP contribution < -0.4 is 10.2 Å². The van der Waals surface area contributed by atoms with Crippen molar-refractivity contribution >= 4 is 11.9 Å². The lowest BCUT2D eigenvalue weighted by atomic mass is 9.92. The van der Waals surface area contributed by atoms with Crippen molar-refractivity contribution in [1.82, 2.24) is 30.5 Å². The average molecular weight is 363 g/mol. The maximum absolute atomic E-state index is 12.7. The minimum absolute atomic E-state index is 0.0635. The number of rotatable bonds is 4. The van der Waals surface area contributed by atoms with E-state index in [1.165, 1.54) is 6.33 Å². The molecule has 1 amide bonds. The minimum atomic E-state index is -0.103. The maximum Gasteiger partial charge on any atom is 0.251 e. The Labute approximate surface area is 157 Å². The molecule has 2 heterocycles. The van der Waals surface area contributed by atoms with Crippen molar-refractivity contribution in [1.29, 1.82) is 0 Å². The van der Waals surface area contributed by atoms with Crippen molar-refractivity contribution in [2.24, 2.45) is 0 Å². The van der Waals surface area contributed by atoms with E-state index in [2.05, 4.69) is 30.5 Å². The molecule has 0 unspecified atom stereocenters. The average Bonchev–Trinajstić information content (AvgIpc) is 3.22. The molecule has 2 N–H and O–H groups in total. The van der Waals surface area contributed by atoms with E-state index in [1.54, 1.807) is 12.1 Å². The molecule has 0 spiro atoms. The SMILES string of the molecule is CN(C)c1ncc2c(n1)CCC[C@@H]2NC(=O)c1ccc(-c2ncn[nH]2)cc1. The summed E-state index contributed by atoms with van der Waals surface area (Å²) in [5.41, 5.74) is 3.53. The van der Waals surface area contributed by atoms with Gasteiger partial charge in [-0.15, -0.1) is 0 Å². The second-order valence-corrected chi connectivity index (χ2v) is 6.80. The number of aryl methyl sites for hydroxylation is 1. The lowest BCUT2D eigenvalue weighted by molar-refractivity contribution is 0.0932. The van der Waals surface area contributed by atoms with Crippen molar-refractivity contribution in [3.05, 3.63) is 53.6 Å². The van der Waals surface area contributed by atoms with Gasteiger partial charge in [0, 0.05) is 37.0 Å². The molecule has 1 aliphatic rings. The van der Waals surface area contributed by atoms with Crippen molar-refractivity contribution in [3.8, 4) is 11.4 Å². The highest BCUT2D eigenvalue weighted by Crippen LogP contribution is 2.29. The first kappa shape index (κ1) is 17.1. The molecule has 8 nitrogen and oxygen atoms in total. The fourth-order valence-electron chi connectivity index (χ4n) is 3.27.